The van der Waals surface area contributed by atoms with Gasteiger partial charge in [0.25, 0.3) is 10.0 Å². The minimum absolute atomic E-state index is 0.238. The topological polar surface area (TPSA) is 50.3 Å². The van der Waals surface area contributed by atoms with E-state index in [-0.39, 0.29) is 10.9 Å². The second-order valence-corrected chi connectivity index (χ2v) is 8.04. The molecule has 0 atom stereocenters. The number of hydrogen-bond acceptors (Lipinski definition) is 3. The molecule has 0 aliphatic rings. The molecule has 0 fully saturated rings. The molecule has 0 saturated heterocycles. The van der Waals surface area contributed by atoms with Crippen molar-refractivity contribution in [2.45, 2.75) is 24.8 Å². The third kappa shape index (κ3) is 3.32. The van der Waals surface area contributed by atoms with Gasteiger partial charge in [-0.1, -0.05) is 29.8 Å². The summed E-state index contributed by atoms with van der Waals surface area (Å²) < 4.78 is 27.9. The molecule has 0 bridgehead atoms. The molecule has 0 radical (unpaired) electrons. The maximum Gasteiger partial charge on any atom is 0.264 e. The summed E-state index contributed by atoms with van der Waals surface area (Å²) >= 11 is 8.23. The summed E-state index contributed by atoms with van der Waals surface area (Å²) in [5, 5.41) is 0.315. The molecule has 0 saturated carbocycles. The van der Waals surface area contributed by atoms with Gasteiger partial charge in [-0.25, -0.2) is 8.42 Å². The van der Waals surface area contributed by atoms with Crippen molar-refractivity contribution in [1.82, 2.24) is 4.98 Å². The first kappa shape index (κ1) is 16.5. The molecule has 0 aliphatic heterocycles. The Bertz CT molecular complexity index is 716. The minimum Gasteiger partial charge on any atom is -0.262 e. The number of rotatable bonds is 4. The molecule has 1 aromatic heterocycles. The molecule has 112 valence electrons. The lowest BCUT2D eigenvalue weighted by atomic mass is 10.3. The monoisotopic (exact) mass is 436 g/mol. The molecule has 1 aromatic carbocycles. The highest BCUT2D eigenvalue weighted by atomic mass is 127. The van der Waals surface area contributed by atoms with E-state index in [1.807, 2.05) is 36.4 Å². The van der Waals surface area contributed by atoms with Crippen LogP contribution in [0.15, 0.2) is 47.6 Å². The third-order valence-corrected chi connectivity index (χ3v) is 5.87. The first-order valence-corrected chi connectivity index (χ1v) is 9.14. The Labute approximate surface area is 143 Å². The number of nitrogens with zero attached hydrogens (tertiary/aromatic N) is 2. The smallest absolute Gasteiger partial charge is 0.262 e. The van der Waals surface area contributed by atoms with Gasteiger partial charge in [0.2, 0.25) is 0 Å². The van der Waals surface area contributed by atoms with Gasteiger partial charge in [-0.15, -0.1) is 0 Å². The van der Waals surface area contributed by atoms with Crippen LogP contribution in [0, 0.1) is 3.57 Å². The number of hydrogen-bond donors (Lipinski definition) is 0. The number of halogens is 2. The van der Waals surface area contributed by atoms with E-state index in [4.69, 9.17) is 11.6 Å². The van der Waals surface area contributed by atoms with Crippen molar-refractivity contribution >= 4 is 49.9 Å². The normalized spacial score (nSPS) is 11.7. The van der Waals surface area contributed by atoms with Crippen molar-refractivity contribution in [2.24, 2.45) is 0 Å². The molecule has 0 unspecified atom stereocenters. The minimum atomic E-state index is -3.68. The van der Waals surface area contributed by atoms with Crippen LogP contribution < -0.4 is 4.31 Å². The van der Waals surface area contributed by atoms with Crippen molar-refractivity contribution in [1.29, 1.82) is 0 Å². The second-order valence-electron chi connectivity index (χ2n) is 4.66. The molecule has 7 heteroatoms. The van der Waals surface area contributed by atoms with Gasteiger partial charge in [0.05, 0.1) is 19.2 Å². The Balaban J connectivity index is 2.66. The van der Waals surface area contributed by atoms with E-state index in [1.165, 1.54) is 10.5 Å². The van der Waals surface area contributed by atoms with Crippen LogP contribution >= 0.6 is 34.2 Å². The lowest BCUT2D eigenvalue weighted by molar-refractivity contribution is 0.584. The van der Waals surface area contributed by atoms with Crippen molar-refractivity contribution in [3.63, 3.8) is 0 Å². The zero-order chi connectivity index (χ0) is 15.6. The summed E-state index contributed by atoms with van der Waals surface area (Å²) in [6, 6.07) is 8.06. The van der Waals surface area contributed by atoms with Gasteiger partial charge in [-0.2, -0.15) is 0 Å². The highest BCUT2D eigenvalue weighted by Crippen LogP contribution is 2.35. The molecule has 4 nitrogen and oxygen atoms in total. The van der Waals surface area contributed by atoms with Gasteiger partial charge in [0, 0.05) is 18.4 Å². The van der Waals surface area contributed by atoms with Gasteiger partial charge in [-0.05, 0) is 48.6 Å². The van der Waals surface area contributed by atoms with E-state index < -0.39 is 10.0 Å². The van der Waals surface area contributed by atoms with E-state index in [0.29, 0.717) is 14.3 Å². The fraction of sp³-hybridized carbons (Fsp3) is 0.214. The average molecular weight is 437 g/mol. The van der Waals surface area contributed by atoms with E-state index in [1.54, 1.807) is 36.5 Å². The molecule has 0 N–H and O–H groups in total. The van der Waals surface area contributed by atoms with E-state index >= 15 is 0 Å². The van der Waals surface area contributed by atoms with Crippen molar-refractivity contribution in [3.05, 3.63) is 51.3 Å². The molecular weight excluding hydrogens is 423 g/mol. The maximum atomic E-state index is 12.9. The fourth-order valence-electron chi connectivity index (χ4n) is 1.98. The summed E-state index contributed by atoms with van der Waals surface area (Å²) in [5.74, 6) is 0. The highest BCUT2D eigenvalue weighted by Gasteiger charge is 2.30. The lowest BCUT2D eigenvalue weighted by Gasteiger charge is -2.29. The molecular formula is C14H14ClIN2O2S. The predicted molar refractivity (Wildman–Crippen MR) is 93.2 cm³/mol. The molecule has 21 heavy (non-hydrogen) atoms. The molecule has 0 aliphatic carbocycles. The number of pyridine rings is 1. The molecule has 2 rings (SSSR count). The summed E-state index contributed by atoms with van der Waals surface area (Å²) in [5.41, 5.74) is 0.464. The number of anilines is 1. The van der Waals surface area contributed by atoms with Crippen molar-refractivity contribution in [2.75, 3.05) is 4.31 Å². The quantitative estimate of drug-likeness (QED) is 0.682. The third-order valence-electron chi connectivity index (χ3n) is 2.82. The van der Waals surface area contributed by atoms with E-state index in [9.17, 15) is 8.42 Å². The average Bonchev–Trinajstić information content (AvgIpc) is 2.43. The Morgan fingerprint density at radius 1 is 1.19 bits per heavy atom. The Morgan fingerprint density at radius 2 is 1.81 bits per heavy atom. The summed E-state index contributed by atoms with van der Waals surface area (Å²) in [6.45, 7) is 3.63. The highest BCUT2D eigenvalue weighted by molar-refractivity contribution is 14.1. The number of sulfonamides is 1. The first-order valence-electron chi connectivity index (χ1n) is 6.24. The zero-order valence-electron chi connectivity index (χ0n) is 11.5. The Morgan fingerprint density at radius 3 is 2.33 bits per heavy atom. The van der Waals surface area contributed by atoms with Crippen LogP contribution in [0.3, 0.4) is 0 Å². The van der Waals surface area contributed by atoms with Crippen LogP contribution in [0.25, 0.3) is 0 Å². The molecule has 2 aromatic rings. The fourth-order valence-corrected chi connectivity index (χ4v) is 5.03. The van der Waals surface area contributed by atoms with E-state index in [0.717, 1.165) is 0 Å². The van der Waals surface area contributed by atoms with Crippen LogP contribution in [0.2, 0.25) is 5.02 Å². The van der Waals surface area contributed by atoms with Crippen LogP contribution in [-0.4, -0.2) is 19.4 Å². The Hall–Kier alpha value is -0.860. The van der Waals surface area contributed by atoms with E-state index in [2.05, 4.69) is 4.98 Å². The number of aromatic nitrogens is 1. The summed E-state index contributed by atoms with van der Waals surface area (Å²) in [6.07, 6.45) is 3.05. The van der Waals surface area contributed by atoms with Crippen LogP contribution in [-0.2, 0) is 10.0 Å². The lowest BCUT2D eigenvalue weighted by Crippen LogP contribution is -2.37. The van der Waals surface area contributed by atoms with Gasteiger partial charge in [0.1, 0.15) is 0 Å². The van der Waals surface area contributed by atoms with Crippen LogP contribution in [0.1, 0.15) is 13.8 Å². The van der Waals surface area contributed by atoms with Gasteiger partial charge < -0.3 is 0 Å². The molecule has 0 spiro atoms. The van der Waals surface area contributed by atoms with Gasteiger partial charge in [0.15, 0.2) is 0 Å². The first-order chi connectivity index (χ1) is 9.85. The standard InChI is InChI=1S/C14H14ClIN2O2S/c1-10(2)18(14-12(15)8-17-9-13(14)16)21(19,20)11-6-4-3-5-7-11/h3-10H,1-2H3. The van der Waals surface area contributed by atoms with Crippen LogP contribution in [0.5, 0.6) is 0 Å². The maximum absolute atomic E-state index is 12.9. The summed E-state index contributed by atoms with van der Waals surface area (Å²) in [4.78, 5) is 4.22. The molecule has 1 heterocycles. The van der Waals surface area contributed by atoms with Crippen LogP contribution in [0.4, 0.5) is 5.69 Å². The van der Waals surface area contributed by atoms with Gasteiger partial charge in [-0.3, -0.25) is 9.29 Å². The number of benzene rings is 1. The van der Waals surface area contributed by atoms with Crippen molar-refractivity contribution in [3.8, 4) is 0 Å². The molecule has 0 amide bonds. The summed E-state index contributed by atoms with van der Waals surface area (Å²) in [7, 11) is -3.68. The van der Waals surface area contributed by atoms with Crippen molar-refractivity contribution < 1.29 is 8.42 Å². The SMILES string of the molecule is CC(C)N(c1c(Cl)cncc1I)S(=O)(=O)c1ccccc1. The zero-order valence-corrected chi connectivity index (χ0v) is 15.2. The largest absolute Gasteiger partial charge is 0.264 e. The predicted octanol–water partition coefficient (Wildman–Crippen LogP) is 3.94. The second kappa shape index (κ2) is 6.50. The Kier molecular flexibility index (Phi) is 5.11. The van der Waals surface area contributed by atoms with Gasteiger partial charge >= 0.3 is 0 Å².